The van der Waals surface area contributed by atoms with E-state index in [2.05, 4.69) is 31.1 Å². The van der Waals surface area contributed by atoms with Gasteiger partial charge in [0.05, 0.1) is 18.0 Å². The Morgan fingerprint density at radius 1 is 1.18 bits per heavy atom. The molecule has 3 aromatic rings. The Hall–Kier alpha value is -2.82. The summed E-state index contributed by atoms with van der Waals surface area (Å²) in [5.74, 6) is 0.256. The van der Waals surface area contributed by atoms with E-state index >= 15 is 0 Å². The lowest BCUT2D eigenvalue weighted by atomic mass is 9.92. The third-order valence-corrected chi connectivity index (χ3v) is 5.55. The van der Waals surface area contributed by atoms with Gasteiger partial charge < -0.3 is 15.0 Å². The van der Waals surface area contributed by atoms with Crippen molar-refractivity contribution in [3.8, 4) is 5.75 Å². The number of rotatable bonds is 4. The van der Waals surface area contributed by atoms with Crippen LogP contribution in [0.1, 0.15) is 44.9 Å². The molecule has 28 heavy (non-hydrogen) atoms. The van der Waals surface area contributed by atoms with E-state index in [9.17, 15) is 9.18 Å². The minimum absolute atomic E-state index is 0.105. The van der Waals surface area contributed by atoms with Crippen molar-refractivity contribution in [2.75, 3.05) is 12.4 Å². The maximum Gasteiger partial charge on any atom is 0.235 e. The zero-order chi connectivity index (χ0) is 20.1. The third kappa shape index (κ3) is 3.15. The molecule has 1 fully saturated rings. The molecule has 2 N–H and O–H groups in total. The van der Waals surface area contributed by atoms with Gasteiger partial charge in [-0.2, -0.15) is 0 Å². The minimum Gasteiger partial charge on any atom is -0.497 e. The van der Waals surface area contributed by atoms with E-state index in [1.165, 1.54) is 6.07 Å². The maximum atomic E-state index is 14.6. The van der Waals surface area contributed by atoms with Gasteiger partial charge in [-0.1, -0.05) is 32.9 Å². The first kappa shape index (κ1) is 18.5. The first-order chi connectivity index (χ1) is 13.2. The number of aromatic amines is 1. The van der Waals surface area contributed by atoms with Gasteiger partial charge in [-0.3, -0.25) is 4.79 Å². The molecule has 1 aliphatic carbocycles. The lowest BCUT2D eigenvalue weighted by molar-refractivity contribution is -0.118. The predicted octanol–water partition coefficient (Wildman–Crippen LogP) is 5.28. The molecule has 146 valence electrons. The van der Waals surface area contributed by atoms with Crippen LogP contribution in [0, 0.1) is 5.82 Å². The molecule has 5 heteroatoms. The molecule has 0 atom stereocenters. The van der Waals surface area contributed by atoms with Crippen molar-refractivity contribution in [1.29, 1.82) is 0 Å². The Labute approximate surface area is 164 Å². The summed E-state index contributed by atoms with van der Waals surface area (Å²) in [4.78, 5) is 16.2. The fourth-order valence-corrected chi connectivity index (χ4v) is 3.62. The standard InChI is InChI=1S/C23H25FN2O2/c1-22(2,3)19-11-14-10-16(13-18(24)20(14)26-19)25-21(27)23(8-9-23)15-6-5-7-17(12-15)28-4/h5-7,10-13,26H,8-9H2,1-4H3,(H,25,27). The van der Waals surface area contributed by atoms with Crippen LogP contribution in [0.5, 0.6) is 5.75 Å². The topological polar surface area (TPSA) is 54.1 Å². The summed E-state index contributed by atoms with van der Waals surface area (Å²) in [5.41, 5.74) is 2.16. The molecule has 4 rings (SSSR count). The number of carbonyl (C=O) groups excluding carboxylic acids is 1. The van der Waals surface area contributed by atoms with Gasteiger partial charge in [0.1, 0.15) is 11.6 Å². The van der Waals surface area contributed by atoms with Gasteiger partial charge in [0.25, 0.3) is 0 Å². The number of fused-ring (bicyclic) bond motifs is 1. The molecule has 0 spiro atoms. The summed E-state index contributed by atoms with van der Waals surface area (Å²) in [7, 11) is 1.61. The Morgan fingerprint density at radius 3 is 2.57 bits per heavy atom. The number of nitrogens with one attached hydrogen (secondary N) is 2. The van der Waals surface area contributed by atoms with E-state index in [1.807, 2.05) is 36.4 Å². The quantitative estimate of drug-likeness (QED) is 0.647. The summed E-state index contributed by atoms with van der Waals surface area (Å²) in [6, 6.07) is 12.7. The molecule has 2 aromatic carbocycles. The molecule has 4 nitrogen and oxygen atoms in total. The van der Waals surface area contributed by atoms with Gasteiger partial charge >= 0.3 is 0 Å². The van der Waals surface area contributed by atoms with Crippen LogP contribution in [-0.4, -0.2) is 18.0 Å². The summed E-state index contributed by atoms with van der Waals surface area (Å²) in [6.45, 7) is 6.22. The van der Waals surface area contributed by atoms with Crippen molar-refractivity contribution in [2.24, 2.45) is 0 Å². The molecule has 1 aliphatic rings. The maximum absolute atomic E-state index is 14.6. The molecule has 1 heterocycles. The molecule has 1 aromatic heterocycles. The van der Waals surface area contributed by atoms with Crippen LogP contribution in [0.2, 0.25) is 0 Å². The van der Waals surface area contributed by atoms with Gasteiger partial charge in [0.15, 0.2) is 0 Å². The van der Waals surface area contributed by atoms with Crippen LogP contribution >= 0.6 is 0 Å². The number of carbonyl (C=O) groups is 1. The van der Waals surface area contributed by atoms with E-state index in [0.29, 0.717) is 11.2 Å². The van der Waals surface area contributed by atoms with Crippen LogP contribution in [0.25, 0.3) is 10.9 Å². The van der Waals surface area contributed by atoms with E-state index in [1.54, 1.807) is 7.11 Å². The van der Waals surface area contributed by atoms with Crippen molar-refractivity contribution in [1.82, 2.24) is 4.98 Å². The zero-order valence-corrected chi connectivity index (χ0v) is 16.7. The normalized spacial score (nSPS) is 15.5. The number of hydrogen-bond acceptors (Lipinski definition) is 2. The van der Waals surface area contributed by atoms with Gasteiger partial charge in [-0.05, 0) is 48.7 Å². The fourth-order valence-electron chi connectivity index (χ4n) is 3.62. The highest BCUT2D eigenvalue weighted by atomic mass is 19.1. The Kier molecular flexibility index (Phi) is 4.21. The van der Waals surface area contributed by atoms with Gasteiger partial charge in [0.2, 0.25) is 5.91 Å². The van der Waals surface area contributed by atoms with Crippen molar-refractivity contribution < 1.29 is 13.9 Å². The number of amides is 1. The Balaban J connectivity index is 1.63. The molecule has 0 radical (unpaired) electrons. The van der Waals surface area contributed by atoms with Gasteiger partial charge in [0, 0.05) is 22.2 Å². The number of halogens is 1. The van der Waals surface area contributed by atoms with Crippen molar-refractivity contribution in [3.63, 3.8) is 0 Å². The minimum atomic E-state index is -0.561. The van der Waals surface area contributed by atoms with Crippen molar-refractivity contribution in [2.45, 2.75) is 44.4 Å². The summed E-state index contributed by atoms with van der Waals surface area (Å²) in [5, 5.41) is 3.68. The lowest BCUT2D eigenvalue weighted by Gasteiger charge is -2.17. The second-order valence-corrected chi connectivity index (χ2v) is 8.62. The summed E-state index contributed by atoms with van der Waals surface area (Å²) < 4.78 is 19.9. The van der Waals surface area contributed by atoms with E-state index < -0.39 is 5.41 Å². The second-order valence-electron chi connectivity index (χ2n) is 8.62. The highest BCUT2D eigenvalue weighted by Crippen LogP contribution is 2.49. The average molecular weight is 380 g/mol. The van der Waals surface area contributed by atoms with E-state index in [-0.39, 0.29) is 17.1 Å². The highest BCUT2D eigenvalue weighted by Gasteiger charge is 2.51. The summed E-state index contributed by atoms with van der Waals surface area (Å²) in [6.07, 6.45) is 1.55. The molecule has 0 aliphatic heterocycles. The molecule has 0 saturated heterocycles. The Morgan fingerprint density at radius 2 is 1.93 bits per heavy atom. The van der Waals surface area contributed by atoms with Crippen molar-refractivity contribution in [3.05, 3.63) is 59.5 Å². The third-order valence-electron chi connectivity index (χ3n) is 5.55. The molecule has 1 saturated carbocycles. The predicted molar refractivity (Wildman–Crippen MR) is 109 cm³/mol. The van der Waals surface area contributed by atoms with Crippen LogP contribution in [-0.2, 0) is 15.6 Å². The second kappa shape index (κ2) is 6.36. The first-order valence-corrected chi connectivity index (χ1v) is 9.52. The number of H-pyrrole nitrogens is 1. The van der Waals surface area contributed by atoms with Crippen LogP contribution in [0.3, 0.4) is 0 Å². The molecule has 1 amide bonds. The van der Waals surface area contributed by atoms with Crippen molar-refractivity contribution >= 4 is 22.5 Å². The summed E-state index contributed by atoms with van der Waals surface area (Å²) >= 11 is 0. The van der Waals surface area contributed by atoms with Crippen LogP contribution in [0.15, 0.2) is 42.5 Å². The molecule has 0 bridgehead atoms. The van der Waals surface area contributed by atoms with Crippen LogP contribution < -0.4 is 10.1 Å². The number of ether oxygens (including phenoxy) is 1. The number of methoxy groups -OCH3 is 1. The Bertz CT molecular complexity index is 1060. The monoisotopic (exact) mass is 380 g/mol. The molecular weight excluding hydrogens is 355 g/mol. The van der Waals surface area contributed by atoms with Gasteiger partial charge in [-0.25, -0.2) is 4.39 Å². The molecular formula is C23H25FN2O2. The van der Waals surface area contributed by atoms with Gasteiger partial charge in [-0.15, -0.1) is 0 Å². The lowest BCUT2D eigenvalue weighted by Crippen LogP contribution is -2.27. The first-order valence-electron chi connectivity index (χ1n) is 9.52. The van der Waals surface area contributed by atoms with Crippen LogP contribution in [0.4, 0.5) is 10.1 Å². The number of hydrogen-bond donors (Lipinski definition) is 2. The highest BCUT2D eigenvalue weighted by molar-refractivity contribution is 6.02. The number of aromatic nitrogens is 1. The fraction of sp³-hybridized carbons (Fsp3) is 0.348. The molecule has 0 unspecified atom stereocenters. The van der Waals surface area contributed by atoms with E-state index in [4.69, 9.17) is 4.74 Å². The zero-order valence-electron chi connectivity index (χ0n) is 16.7. The SMILES string of the molecule is COc1cccc(C2(C(=O)Nc3cc(F)c4[nH]c(C(C)(C)C)cc4c3)CC2)c1. The number of anilines is 1. The average Bonchev–Trinajstić information content (AvgIpc) is 3.34. The number of benzene rings is 2. The smallest absolute Gasteiger partial charge is 0.235 e. The van der Waals surface area contributed by atoms with E-state index in [0.717, 1.165) is 35.2 Å². The largest absolute Gasteiger partial charge is 0.497 e.